The second-order valence-corrected chi connectivity index (χ2v) is 6.33. The van der Waals surface area contributed by atoms with Gasteiger partial charge in [-0.05, 0) is 24.1 Å². The van der Waals surface area contributed by atoms with Crippen molar-refractivity contribution < 1.29 is 9.59 Å². The van der Waals surface area contributed by atoms with Crippen molar-refractivity contribution in [2.45, 2.75) is 32.4 Å². The van der Waals surface area contributed by atoms with E-state index in [1.54, 1.807) is 23.9 Å². The summed E-state index contributed by atoms with van der Waals surface area (Å²) >= 11 is 1.73. The number of thioether (sulfide) groups is 1. The van der Waals surface area contributed by atoms with E-state index in [1.807, 2.05) is 12.1 Å². The minimum absolute atomic E-state index is 0. The first-order valence-corrected chi connectivity index (χ1v) is 8.82. The Bertz CT molecular complexity index is 505. The van der Waals surface area contributed by atoms with E-state index in [4.69, 9.17) is 0 Å². The molecule has 23 heavy (non-hydrogen) atoms. The second-order valence-electron chi connectivity index (χ2n) is 5.30. The number of carbonyl (C=O) groups excluding carboxylic acids is 2. The molecule has 0 spiro atoms. The summed E-state index contributed by atoms with van der Waals surface area (Å²) in [7, 11) is 0. The van der Waals surface area contributed by atoms with Crippen molar-refractivity contribution in [3.63, 3.8) is 0 Å². The van der Waals surface area contributed by atoms with Gasteiger partial charge in [-0.3, -0.25) is 14.9 Å². The maximum absolute atomic E-state index is 11.9. The van der Waals surface area contributed by atoms with Gasteiger partial charge in [-0.2, -0.15) is 0 Å². The van der Waals surface area contributed by atoms with Crippen LogP contribution in [0.1, 0.15) is 35.7 Å². The Morgan fingerprint density at radius 2 is 2.00 bits per heavy atom. The van der Waals surface area contributed by atoms with Crippen molar-refractivity contribution in [2.75, 3.05) is 18.2 Å². The molecule has 1 heterocycles. The molecule has 1 aromatic rings. The Morgan fingerprint density at radius 3 is 2.61 bits per heavy atom. The molecule has 1 atom stereocenters. The molecule has 2 amide bonds. The molecule has 7 heteroatoms. The van der Waals surface area contributed by atoms with E-state index in [1.165, 1.54) is 0 Å². The van der Waals surface area contributed by atoms with Gasteiger partial charge >= 0.3 is 0 Å². The molecule has 0 aliphatic carbocycles. The summed E-state index contributed by atoms with van der Waals surface area (Å²) < 4.78 is 0. The summed E-state index contributed by atoms with van der Waals surface area (Å²) in [6.45, 7) is 3.29. The Balaban J connectivity index is 0.00000264. The number of nitrogens with one attached hydrogen (secondary N) is 3. The molecule has 0 radical (unpaired) electrons. The van der Waals surface area contributed by atoms with E-state index in [9.17, 15) is 9.59 Å². The maximum atomic E-state index is 11.9. The summed E-state index contributed by atoms with van der Waals surface area (Å²) in [6.07, 6.45) is 2.05. The smallest absolute Gasteiger partial charge is 0.251 e. The van der Waals surface area contributed by atoms with Crippen LogP contribution < -0.4 is 16.0 Å². The molecule has 0 bridgehead atoms. The lowest BCUT2D eigenvalue weighted by atomic mass is 10.1. The molecular formula is C16H24ClN3O2S. The highest BCUT2D eigenvalue weighted by molar-refractivity contribution is 7.99. The van der Waals surface area contributed by atoms with Gasteiger partial charge in [0.25, 0.3) is 5.91 Å². The average molecular weight is 358 g/mol. The molecular weight excluding hydrogens is 334 g/mol. The van der Waals surface area contributed by atoms with Crippen molar-refractivity contribution in [1.82, 2.24) is 16.0 Å². The summed E-state index contributed by atoms with van der Waals surface area (Å²) in [6, 6.07) is 7.27. The van der Waals surface area contributed by atoms with Crippen molar-refractivity contribution in [1.29, 1.82) is 0 Å². The molecule has 3 N–H and O–H groups in total. The first kappa shape index (κ1) is 19.8. The molecule has 2 rings (SSSR count). The lowest BCUT2D eigenvalue weighted by Gasteiger charge is -2.11. The van der Waals surface area contributed by atoms with Gasteiger partial charge in [-0.15, -0.1) is 24.2 Å². The van der Waals surface area contributed by atoms with Gasteiger partial charge in [0.2, 0.25) is 5.91 Å². The zero-order valence-electron chi connectivity index (χ0n) is 13.3. The van der Waals surface area contributed by atoms with Crippen LogP contribution in [0.5, 0.6) is 0 Å². The lowest BCUT2D eigenvalue weighted by Crippen LogP contribution is -2.41. The molecule has 1 fully saturated rings. The first-order chi connectivity index (χ1) is 10.7. The number of benzene rings is 1. The number of hydrogen-bond donors (Lipinski definition) is 3. The molecule has 1 saturated heterocycles. The summed E-state index contributed by atoms with van der Waals surface area (Å²) in [5, 5.41) is 8.94. The van der Waals surface area contributed by atoms with Crippen LogP contribution in [0, 0.1) is 0 Å². The highest BCUT2D eigenvalue weighted by Crippen LogP contribution is 2.10. The molecule has 1 aliphatic heterocycles. The van der Waals surface area contributed by atoms with E-state index in [-0.39, 0.29) is 30.3 Å². The van der Waals surface area contributed by atoms with Crippen LogP contribution in [0.3, 0.4) is 0 Å². The van der Waals surface area contributed by atoms with Crippen molar-refractivity contribution in [3.05, 3.63) is 35.4 Å². The van der Waals surface area contributed by atoms with Gasteiger partial charge in [0.05, 0.1) is 6.04 Å². The van der Waals surface area contributed by atoms with Crippen molar-refractivity contribution >= 4 is 36.0 Å². The van der Waals surface area contributed by atoms with E-state index >= 15 is 0 Å². The van der Waals surface area contributed by atoms with Crippen LogP contribution in [-0.2, 0) is 11.3 Å². The third-order valence-corrected chi connectivity index (χ3v) is 4.47. The number of carbonyl (C=O) groups is 2. The van der Waals surface area contributed by atoms with Gasteiger partial charge in [0.15, 0.2) is 0 Å². The van der Waals surface area contributed by atoms with Crippen molar-refractivity contribution in [2.24, 2.45) is 0 Å². The van der Waals surface area contributed by atoms with Gasteiger partial charge < -0.3 is 10.6 Å². The quantitative estimate of drug-likeness (QED) is 0.652. The van der Waals surface area contributed by atoms with Crippen LogP contribution in [0.2, 0.25) is 0 Å². The fraction of sp³-hybridized carbons (Fsp3) is 0.500. The lowest BCUT2D eigenvalue weighted by molar-refractivity contribution is -0.122. The fourth-order valence-electron chi connectivity index (χ4n) is 2.13. The molecule has 0 aromatic heterocycles. The number of halogens is 1. The Labute approximate surface area is 147 Å². The molecule has 5 nitrogen and oxygen atoms in total. The van der Waals surface area contributed by atoms with Crippen LogP contribution in [-0.4, -0.2) is 36.0 Å². The molecule has 1 aliphatic rings. The van der Waals surface area contributed by atoms with Gasteiger partial charge in [0, 0.05) is 30.3 Å². The van der Waals surface area contributed by atoms with Gasteiger partial charge in [-0.1, -0.05) is 25.5 Å². The topological polar surface area (TPSA) is 70.2 Å². The highest BCUT2D eigenvalue weighted by atomic mass is 35.5. The number of hydrogen-bond acceptors (Lipinski definition) is 4. The monoisotopic (exact) mass is 357 g/mol. The van der Waals surface area contributed by atoms with Crippen molar-refractivity contribution in [3.8, 4) is 0 Å². The predicted octanol–water partition coefficient (Wildman–Crippen LogP) is 1.92. The summed E-state index contributed by atoms with van der Waals surface area (Å²) in [5.74, 6) is 1.64. The molecule has 1 aromatic carbocycles. The van der Waals surface area contributed by atoms with Gasteiger partial charge in [-0.25, -0.2) is 0 Å². The highest BCUT2D eigenvalue weighted by Gasteiger charge is 2.21. The SMILES string of the molecule is CCCCNC(=O)c1ccc(CNC(=O)C2CSCN2)cc1.Cl. The van der Waals surface area contributed by atoms with E-state index < -0.39 is 0 Å². The largest absolute Gasteiger partial charge is 0.352 e. The first-order valence-electron chi connectivity index (χ1n) is 7.66. The second kappa shape index (κ2) is 10.5. The fourth-order valence-corrected chi connectivity index (χ4v) is 3.07. The zero-order chi connectivity index (χ0) is 15.8. The molecule has 1 unspecified atom stereocenters. The van der Waals surface area contributed by atoms with E-state index in [0.717, 1.165) is 30.0 Å². The number of amides is 2. The van der Waals surface area contributed by atoms with Crippen LogP contribution in [0.15, 0.2) is 24.3 Å². The van der Waals surface area contributed by atoms with Gasteiger partial charge in [0.1, 0.15) is 0 Å². The Morgan fingerprint density at radius 1 is 1.26 bits per heavy atom. The summed E-state index contributed by atoms with van der Waals surface area (Å²) in [4.78, 5) is 23.8. The Kier molecular flexibility index (Phi) is 9.06. The minimum Gasteiger partial charge on any atom is -0.352 e. The molecule has 128 valence electrons. The standard InChI is InChI=1S/C16H23N3O2S.ClH/c1-2-3-8-17-15(20)13-6-4-12(5-7-13)9-18-16(21)14-10-22-11-19-14;/h4-7,14,19H,2-3,8-11H2,1H3,(H,17,20)(H,18,21);1H. The average Bonchev–Trinajstić information content (AvgIpc) is 3.08. The zero-order valence-corrected chi connectivity index (χ0v) is 14.9. The van der Waals surface area contributed by atoms with Crippen LogP contribution >= 0.6 is 24.2 Å². The summed E-state index contributed by atoms with van der Waals surface area (Å²) in [5.41, 5.74) is 1.64. The van der Waals surface area contributed by atoms with Crippen LogP contribution in [0.4, 0.5) is 0 Å². The normalized spacial score (nSPS) is 16.5. The third-order valence-electron chi connectivity index (χ3n) is 3.53. The van der Waals surface area contributed by atoms with E-state index in [2.05, 4.69) is 22.9 Å². The minimum atomic E-state index is -0.0892. The number of rotatable bonds is 7. The Hall–Kier alpha value is -1.24. The maximum Gasteiger partial charge on any atom is 0.251 e. The third kappa shape index (κ3) is 6.41. The predicted molar refractivity (Wildman–Crippen MR) is 97.0 cm³/mol. The number of unbranched alkanes of at least 4 members (excludes halogenated alkanes) is 1. The van der Waals surface area contributed by atoms with Crippen LogP contribution in [0.25, 0.3) is 0 Å². The van der Waals surface area contributed by atoms with E-state index in [0.29, 0.717) is 18.7 Å². The molecule has 0 saturated carbocycles.